The molecule has 134 valence electrons. The van der Waals surface area contributed by atoms with Crippen molar-refractivity contribution in [3.8, 4) is 0 Å². The topological polar surface area (TPSA) is 79.5 Å². The van der Waals surface area contributed by atoms with Crippen molar-refractivity contribution < 1.29 is 4.79 Å². The van der Waals surface area contributed by atoms with Crippen LogP contribution in [0.5, 0.6) is 0 Å². The highest BCUT2D eigenvalue weighted by Gasteiger charge is 2.05. The maximum atomic E-state index is 12.0. The highest BCUT2D eigenvalue weighted by Crippen LogP contribution is 2.20. The number of amides is 1. The fourth-order valence-electron chi connectivity index (χ4n) is 2.13. The highest BCUT2D eigenvalue weighted by atomic mass is 127. The lowest BCUT2D eigenvalue weighted by atomic mass is 10.1. The number of hydrogen-bond donors (Lipinski definition) is 3. The molecule has 2 aromatic carbocycles. The number of benzene rings is 2. The van der Waals surface area contributed by atoms with E-state index in [9.17, 15) is 4.79 Å². The zero-order chi connectivity index (χ0) is 17.5. The van der Waals surface area contributed by atoms with Crippen molar-refractivity contribution in [1.82, 2.24) is 0 Å². The molecule has 0 aromatic heterocycles. The van der Waals surface area contributed by atoms with Gasteiger partial charge >= 0.3 is 0 Å². The van der Waals surface area contributed by atoms with E-state index in [0.717, 1.165) is 27.8 Å². The number of guanidine groups is 1. The third kappa shape index (κ3) is 7.03. The summed E-state index contributed by atoms with van der Waals surface area (Å²) in [4.78, 5) is 16.1. The van der Waals surface area contributed by atoms with Crippen molar-refractivity contribution in [3.63, 3.8) is 0 Å². The largest absolute Gasteiger partial charge is 0.370 e. The first-order valence-corrected chi connectivity index (χ1v) is 8.49. The van der Waals surface area contributed by atoms with Crippen LogP contribution in [0.3, 0.4) is 0 Å². The van der Waals surface area contributed by atoms with Crippen molar-refractivity contribution >= 4 is 63.1 Å². The first-order chi connectivity index (χ1) is 11.5. The smallest absolute Gasteiger partial charge is 0.246 e. The number of carbonyl (C=O) groups is 1. The molecule has 2 aromatic rings. The number of anilines is 2. The summed E-state index contributed by atoms with van der Waals surface area (Å²) < 4.78 is 0.906. The van der Waals surface area contributed by atoms with Gasteiger partial charge in [0, 0.05) is 15.8 Å². The van der Waals surface area contributed by atoms with Crippen LogP contribution in [0.1, 0.15) is 18.1 Å². The second-order valence-corrected chi connectivity index (χ2v) is 6.30. The summed E-state index contributed by atoms with van der Waals surface area (Å²) in [6.07, 6.45) is 0.945. The van der Waals surface area contributed by atoms with Gasteiger partial charge in [-0.1, -0.05) is 41.1 Å². The quantitative estimate of drug-likeness (QED) is 0.315. The van der Waals surface area contributed by atoms with E-state index in [1.807, 2.05) is 49.4 Å². The van der Waals surface area contributed by atoms with Gasteiger partial charge in [0.1, 0.15) is 6.54 Å². The molecule has 0 saturated heterocycles. The summed E-state index contributed by atoms with van der Waals surface area (Å²) >= 11 is 3.39. The lowest BCUT2D eigenvalue weighted by Gasteiger charge is -2.09. The number of carbonyl (C=O) groups excluding carboxylic acids is 1. The number of aliphatic imine (C=N–C) groups is 1. The Morgan fingerprint density at radius 1 is 1.20 bits per heavy atom. The minimum atomic E-state index is -0.219. The Balaban J connectivity index is 0.00000312. The van der Waals surface area contributed by atoms with Gasteiger partial charge in [0.15, 0.2) is 5.96 Å². The van der Waals surface area contributed by atoms with E-state index in [0.29, 0.717) is 0 Å². The number of nitrogens with two attached hydrogens (primary N) is 1. The van der Waals surface area contributed by atoms with Crippen LogP contribution in [0.25, 0.3) is 0 Å². The lowest BCUT2D eigenvalue weighted by Crippen LogP contribution is -2.25. The molecule has 0 fully saturated rings. The summed E-state index contributed by atoms with van der Waals surface area (Å²) in [5, 5.41) is 5.83. The van der Waals surface area contributed by atoms with E-state index in [-0.39, 0.29) is 42.4 Å². The van der Waals surface area contributed by atoms with Crippen LogP contribution in [-0.2, 0) is 11.2 Å². The molecule has 0 saturated carbocycles. The Labute approximate surface area is 173 Å². The van der Waals surface area contributed by atoms with Crippen LogP contribution in [0.15, 0.2) is 51.9 Å². The normalized spacial score (nSPS) is 10.8. The van der Waals surface area contributed by atoms with Gasteiger partial charge in [0.2, 0.25) is 5.91 Å². The molecule has 4 N–H and O–H groups in total. The molecular formula is C18H22BrIN4O. The SMILES string of the molecule is CCc1cccc(NC(N)=NCC(=O)Nc2cc(Br)ccc2C)c1.I. The highest BCUT2D eigenvalue weighted by molar-refractivity contribution is 14.0. The number of aryl methyl sites for hydroxylation is 2. The Bertz CT molecular complexity index is 764. The van der Waals surface area contributed by atoms with Crippen molar-refractivity contribution in [2.45, 2.75) is 20.3 Å². The molecular weight excluding hydrogens is 495 g/mol. The average molecular weight is 517 g/mol. The molecule has 2 rings (SSSR count). The predicted octanol–water partition coefficient (Wildman–Crippen LogP) is 4.30. The van der Waals surface area contributed by atoms with Crippen LogP contribution in [0.4, 0.5) is 11.4 Å². The van der Waals surface area contributed by atoms with E-state index < -0.39 is 0 Å². The average Bonchev–Trinajstić information content (AvgIpc) is 2.56. The second kappa shape index (κ2) is 10.4. The molecule has 0 aliphatic carbocycles. The number of halogens is 2. The molecule has 0 atom stereocenters. The van der Waals surface area contributed by atoms with Crippen molar-refractivity contribution in [1.29, 1.82) is 0 Å². The first-order valence-electron chi connectivity index (χ1n) is 7.70. The predicted molar refractivity (Wildman–Crippen MR) is 119 cm³/mol. The lowest BCUT2D eigenvalue weighted by molar-refractivity contribution is -0.114. The van der Waals surface area contributed by atoms with Crippen molar-refractivity contribution in [2.75, 3.05) is 17.2 Å². The summed E-state index contributed by atoms with van der Waals surface area (Å²) in [7, 11) is 0. The number of rotatable bonds is 5. The van der Waals surface area contributed by atoms with E-state index in [1.165, 1.54) is 5.56 Å². The molecule has 0 radical (unpaired) electrons. The van der Waals surface area contributed by atoms with Gasteiger partial charge in [-0.3, -0.25) is 4.79 Å². The van der Waals surface area contributed by atoms with E-state index in [4.69, 9.17) is 5.73 Å². The number of nitrogens with zero attached hydrogens (tertiary/aromatic N) is 1. The zero-order valence-electron chi connectivity index (χ0n) is 14.2. The molecule has 5 nitrogen and oxygen atoms in total. The first kappa shape index (κ1) is 21.4. The molecule has 1 amide bonds. The Morgan fingerprint density at radius 3 is 2.68 bits per heavy atom. The molecule has 7 heteroatoms. The van der Waals surface area contributed by atoms with Crippen LogP contribution >= 0.6 is 39.9 Å². The van der Waals surface area contributed by atoms with E-state index in [2.05, 4.69) is 38.5 Å². The van der Waals surface area contributed by atoms with Gasteiger partial charge in [-0.2, -0.15) is 0 Å². The van der Waals surface area contributed by atoms with Gasteiger partial charge in [-0.15, -0.1) is 24.0 Å². The molecule has 0 heterocycles. The van der Waals surface area contributed by atoms with Gasteiger partial charge in [-0.25, -0.2) is 4.99 Å². The minimum Gasteiger partial charge on any atom is -0.370 e. The summed E-state index contributed by atoms with van der Waals surface area (Å²) in [6, 6.07) is 13.6. The zero-order valence-corrected chi connectivity index (χ0v) is 18.1. The van der Waals surface area contributed by atoms with Crippen LogP contribution in [0, 0.1) is 6.92 Å². The summed E-state index contributed by atoms with van der Waals surface area (Å²) in [5.41, 5.74) is 9.65. The van der Waals surface area contributed by atoms with E-state index in [1.54, 1.807) is 0 Å². The van der Waals surface area contributed by atoms with Crippen molar-refractivity contribution in [3.05, 3.63) is 58.1 Å². The summed E-state index contributed by atoms with van der Waals surface area (Å²) in [6.45, 7) is 3.98. The molecule has 0 spiro atoms. The number of nitrogens with one attached hydrogen (secondary N) is 2. The third-order valence-corrected chi connectivity index (χ3v) is 3.97. The van der Waals surface area contributed by atoms with Gasteiger partial charge in [0.05, 0.1) is 0 Å². The Hall–Kier alpha value is -1.61. The van der Waals surface area contributed by atoms with E-state index >= 15 is 0 Å². The van der Waals surface area contributed by atoms with Gasteiger partial charge in [-0.05, 0) is 48.7 Å². The standard InChI is InChI=1S/C18H21BrN4O.HI/c1-3-13-5-4-6-15(9-13)22-18(20)21-11-17(24)23-16-10-14(19)8-7-12(16)2;/h4-10H,3,11H2,1-2H3,(H,23,24)(H3,20,21,22);1H. The third-order valence-electron chi connectivity index (χ3n) is 3.47. The fraction of sp³-hybridized carbons (Fsp3) is 0.222. The summed E-state index contributed by atoms with van der Waals surface area (Å²) in [5.74, 6) is -0.00683. The van der Waals surface area contributed by atoms with Crippen LogP contribution in [0.2, 0.25) is 0 Å². The number of hydrogen-bond acceptors (Lipinski definition) is 2. The monoisotopic (exact) mass is 516 g/mol. The Kier molecular flexibility index (Phi) is 8.91. The Morgan fingerprint density at radius 2 is 1.96 bits per heavy atom. The molecule has 0 bridgehead atoms. The second-order valence-electron chi connectivity index (χ2n) is 5.39. The molecule has 0 aliphatic rings. The van der Waals surface area contributed by atoms with Gasteiger partial charge < -0.3 is 16.4 Å². The molecule has 0 unspecified atom stereocenters. The maximum absolute atomic E-state index is 12.0. The fourth-order valence-corrected chi connectivity index (χ4v) is 2.49. The van der Waals surface area contributed by atoms with Gasteiger partial charge in [0.25, 0.3) is 0 Å². The maximum Gasteiger partial charge on any atom is 0.246 e. The molecule has 25 heavy (non-hydrogen) atoms. The van der Waals surface area contributed by atoms with Crippen LogP contribution in [-0.4, -0.2) is 18.4 Å². The van der Waals surface area contributed by atoms with Crippen molar-refractivity contribution in [2.24, 2.45) is 10.7 Å². The minimum absolute atomic E-state index is 0. The molecule has 0 aliphatic heterocycles. The van der Waals surface area contributed by atoms with Crippen LogP contribution < -0.4 is 16.4 Å².